The van der Waals surface area contributed by atoms with E-state index in [2.05, 4.69) is 69.7 Å². The predicted molar refractivity (Wildman–Crippen MR) is 305 cm³/mol. The standard InChI is InChI=1S/C60H106N8O5/c1-7-11-14-16-18-20-22-24-26-28-32-43-66(10-4)46-36-41-65(5)42-37-47-67(44-33-29-27-25-23-21-19-17-15-12-8-2)45-34-30-31-40-54(69)61-57-56-58(64-59(63-57)73-48-13-9-3)68(60(71)62-56)51-53-39-35-38-52(49-53)50-55(70)72-6/h35,38-39,49H,7-34,36-37,40-48,50-51H2,1-6H3,(H,62,71)(H,61,63,64,69). The number of benzene rings is 1. The topological polar surface area (TPSA) is 138 Å². The Labute approximate surface area is 444 Å². The molecule has 0 spiro atoms. The Balaban J connectivity index is 1.47. The number of methoxy groups -OCH3 is 1. The van der Waals surface area contributed by atoms with Crippen LogP contribution in [-0.4, -0.2) is 119 Å². The largest absolute Gasteiger partial charge is 0.469 e. The summed E-state index contributed by atoms with van der Waals surface area (Å²) in [5, 5.41) is 2.98. The second-order valence-electron chi connectivity index (χ2n) is 21.1. The number of esters is 1. The van der Waals surface area contributed by atoms with Gasteiger partial charge in [0.05, 0.1) is 26.7 Å². The molecule has 0 saturated heterocycles. The van der Waals surface area contributed by atoms with E-state index in [0.29, 0.717) is 24.2 Å². The van der Waals surface area contributed by atoms with E-state index < -0.39 is 0 Å². The number of nitrogens with zero attached hydrogens (tertiary/aromatic N) is 6. The molecule has 0 aliphatic rings. The van der Waals surface area contributed by atoms with Crippen LogP contribution in [0.15, 0.2) is 29.1 Å². The zero-order chi connectivity index (χ0) is 52.6. The summed E-state index contributed by atoms with van der Waals surface area (Å²) in [7, 11) is 3.67. The van der Waals surface area contributed by atoms with E-state index in [1.807, 2.05) is 24.3 Å². The molecule has 2 aromatic heterocycles. The molecule has 0 aliphatic carbocycles. The van der Waals surface area contributed by atoms with Gasteiger partial charge in [0.25, 0.3) is 0 Å². The average molecular weight is 1020 g/mol. The smallest absolute Gasteiger partial charge is 0.328 e. The molecule has 3 rings (SSSR count). The van der Waals surface area contributed by atoms with Crippen LogP contribution in [0.3, 0.4) is 0 Å². The van der Waals surface area contributed by atoms with Crippen molar-refractivity contribution in [3.63, 3.8) is 0 Å². The first kappa shape index (κ1) is 63.5. The maximum absolute atomic E-state index is 13.5. The molecule has 1 aromatic carbocycles. The molecular formula is C60H106N8O5. The van der Waals surface area contributed by atoms with E-state index >= 15 is 0 Å². The fourth-order valence-corrected chi connectivity index (χ4v) is 9.87. The summed E-state index contributed by atoms with van der Waals surface area (Å²) >= 11 is 0. The number of hydrogen-bond donors (Lipinski definition) is 2. The molecule has 2 N–H and O–H groups in total. The van der Waals surface area contributed by atoms with Gasteiger partial charge in [-0.1, -0.05) is 193 Å². The molecule has 3 aromatic rings. The lowest BCUT2D eigenvalue weighted by Gasteiger charge is -2.25. The molecule has 0 aliphatic heterocycles. The number of aromatic amines is 1. The van der Waals surface area contributed by atoms with Crippen molar-refractivity contribution in [1.29, 1.82) is 0 Å². The first-order valence-corrected chi connectivity index (χ1v) is 29.9. The predicted octanol–water partition coefficient (Wildman–Crippen LogP) is 13.5. The van der Waals surface area contributed by atoms with Gasteiger partial charge < -0.3 is 34.5 Å². The highest BCUT2D eigenvalue weighted by atomic mass is 16.5. The Morgan fingerprint density at radius 3 is 1.64 bits per heavy atom. The highest BCUT2D eigenvalue weighted by molar-refractivity contribution is 5.97. The molecule has 2 heterocycles. The molecule has 0 fully saturated rings. The fourth-order valence-electron chi connectivity index (χ4n) is 9.87. The molecule has 1 amide bonds. The highest BCUT2D eigenvalue weighted by Crippen LogP contribution is 2.23. The minimum atomic E-state index is -0.378. The van der Waals surface area contributed by atoms with Gasteiger partial charge in [-0.3, -0.25) is 14.2 Å². The van der Waals surface area contributed by atoms with Crippen molar-refractivity contribution in [2.24, 2.45) is 0 Å². The van der Waals surface area contributed by atoms with Gasteiger partial charge in [0.15, 0.2) is 11.5 Å². The number of ether oxygens (including phenoxy) is 2. The number of aromatic nitrogens is 4. The lowest BCUT2D eigenvalue weighted by atomic mass is 10.1. The zero-order valence-corrected chi connectivity index (χ0v) is 47.5. The van der Waals surface area contributed by atoms with Crippen LogP contribution in [0.4, 0.5) is 5.82 Å². The van der Waals surface area contributed by atoms with Crippen molar-refractivity contribution in [3.05, 3.63) is 45.9 Å². The monoisotopic (exact) mass is 1020 g/mol. The van der Waals surface area contributed by atoms with Crippen molar-refractivity contribution in [2.45, 2.75) is 233 Å². The Bertz CT molecular complexity index is 1920. The van der Waals surface area contributed by atoms with Gasteiger partial charge in [-0.05, 0) is 115 Å². The van der Waals surface area contributed by atoms with E-state index in [1.165, 1.54) is 179 Å². The minimum absolute atomic E-state index is 0.112. The molecule has 0 atom stereocenters. The van der Waals surface area contributed by atoms with Gasteiger partial charge in [-0.2, -0.15) is 9.97 Å². The maximum atomic E-state index is 13.5. The summed E-state index contributed by atoms with van der Waals surface area (Å²) in [6.07, 6.45) is 37.7. The van der Waals surface area contributed by atoms with Crippen LogP contribution in [0.5, 0.6) is 6.01 Å². The van der Waals surface area contributed by atoms with Crippen LogP contribution >= 0.6 is 0 Å². The number of carbonyl (C=O) groups excluding carboxylic acids is 2. The van der Waals surface area contributed by atoms with Crippen molar-refractivity contribution >= 4 is 28.9 Å². The summed E-state index contributed by atoms with van der Waals surface area (Å²) in [6.45, 7) is 18.8. The van der Waals surface area contributed by atoms with E-state index in [9.17, 15) is 14.4 Å². The Morgan fingerprint density at radius 2 is 1.10 bits per heavy atom. The Morgan fingerprint density at radius 1 is 0.603 bits per heavy atom. The molecule has 0 bridgehead atoms. The third-order valence-electron chi connectivity index (χ3n) is 14.5. The summed E-state index contributed by atoms with van der Waals surface area (Å²) in [6, 6.07) is 7.59. The molecule has 0 saturated carbocycles. The van der Waals surface area contributed by atoms with Crippen LogP contribution in [-0.2, 0) is 27.3 Å². The second-order valence-corrected chi connectivity index (χ2v) is 21.1. The van der Waals surface area contributed by atoms with Gasteiger partial charge in [0.1, 0.15) is 5.52 Å². The van der Waals surface area contributed by atoms with Gasteiger partial charge >= 0.3 is 17.7 Å². The van der Waals surface area contributed by atoms with Crippen LogP contribution in [0.25, 0.3) is 11.2 Å². The highest BCUT2D eigenvalue weighted by Gasteiger charge is 2.19. The Hall–Kier alpha value is -3.81. The Kier molecular flexibility index (Phi) is 36.0. The summed E-state index contributed by atoms with van der Waals surface area (Å²) < 4.78 is 12.3. The lowest BCUT2D eigenvalue weighted by molar-refractivity contribution is -0.139. The number of H-pyrrole nitrogens is 1. The quantitative estimate of drug-likeness (QED) is 0.0415. The SMILES string of the molecule is CCCCCCCCCCCCCN(CC)CCCN(C)CCCN(CCCCCCCCCCCCC)CCCCCC(=O)Nc1nc(OCCCC)nc2c1[nH]c(=O)n2Cc1cccc(CC(=O)OC)c1. The third kappa shape index (κ3) is 29.2. The zero-order valence-electron chi connectivity index (χ0n) is 47.5. The number of anilines is 1. The summed E-state index contributed by atoms with van der Waals surface area (Å²) in [5.41, 5.74) is 1.93. The molecule has 13 heteroatoms. The fraction of sp³-hybridized carbons (Fsp3) is 0.783. The van der Waals surface area contributed by atoms with Crippen LogP contribution < -0.4 is 15.7 Å². The molecular weight excluding hydrogens is 913 g/mol. The number of carbonyl (C=O) groups is 2. The molecule has 0 radical (unpaired) electrons. The van der Waals surface area contributed by atoms with E-state index in [4.69, 9.17) is 9.47 Å². The van der Waals surface area contributed by atoms with Gasteiger partial charge in [0, 0.05) is 6.42 Å². The average Bonchev–Trinajstić information content (AvgIpc) is 3.70. The molecule has 13 nitrogen and oxygen atoms in total. The summed E-state index contributed by atoms with van der Waals surface area (Å²) in [4.78, 5) is 58.8. The van der Waals surface area contributed by atoms with Gasteiger partial charge in [-0.25, -0.2) is 4.79 Å². The van der Waals surface area contributed by atoms with Crippen LogP contribution in [0.1, 0.15) is 231 Å². The lowest BCUT2D eigenvalue weighted by Crippen LogP contribution is -2.32. The van der Waals surface area contributed by atoms with E-state index in [-0.39, 0.29) is 42.4 Å². The molecule has 0 unspecified atom stereocenters. The summed E-state index contributed by atoms with van der Waals surface area (Å²) in [5.74, 6) is -0.249. The van der Waals surface area contributed by atoms with Crippen molar-refractivity contribution in [3.8, 4) is 6.01 Å². The van der Waals surface area contributed by atoms with Gasteiger partial charge in [0.2, 0.25) is 5.91 Å². The first-order chi connectivity index (χ1) is 35.7. The number of fused-ring (bicyclic) bond motifs is 1. The van der Waals surface area contributed by atoms with Crippen molar-refractivity contribution in [2.75, 3.05) is 78.4 Å². The van der Waals surface area contributed by atoms with Gasteiger partial charge in [-0.15, -0.1) is 0 Å². The van der Waals surface area contributed by atoms with Crippen LogP contribution in [0, 0.1) is 0 Å². The van der Waals surface area contributed by atoms with Crippen LogP contribution in [0.2, 0.25) is 0 Å². The van der Waals surface area contributed by atoms with E-state index in [1.54, 1.807) is 0 Å². The molecule has 416 valence electrons. The minimum Gasteiger partial charge on any atom is -0.469 e. The third-order valence-corrected chi connectivity index (χ3v) is 14.5. The second kappa shape index (κ2) is 41.4. The number of unbranched alkanes of at least 4 members (excludes halogenated alkanes) is 23. The number of hydrogen-bond acceptors (Lipinski definition) is 10. The van der Waals surface area contributed by atoms with Crippen molar-refractivity contribution in [1.82, 2.24) is 34.2 Å². The molecule has 73 heavy (non-hydrogen) atoms. The number of amides is 1. The van der Waals surface area contributed by atoms with Crippen molar-refractivity contribution < 1.29 is 19.1 Å². The normalized spacial score (nSPS) is 11.7. The first-order valence-electron chi connectivity index (χ1n) is 29.9. The number of rotatable bonds is 48. The maximum Gasteiger partial charge on any atom is 0.328 e. The number of nitrogens with one attached hydrogen (secondary N) is 2. The number of imidazole rings is 1. The van der Waals surface area contributed by atoms with E-state index in [0.717, 1.165) is 82.5 Å².